The van der Waals surface area contributed by atoms with E-state index in [1.807, 2.05) is 32.0 Å². The molecule has 2 nitrogen and oxygen atoms in total. The quantitative estimate of drug-likeness (QED) is 0.889. The van der Waals surface area contributed by atoms with Crippen LogP contribution in [0, 0.1) is 11.3 Å². The Hall–Kier alpha value is -0.860. The minimum Gasteiger partial charge on any atom is -0.390 e. The molecule has 0 unspecified atom stereocenters. The maximum absolute atomic E-state index is 10.2. The van der Waals surface area contributed by atoms with Gasteiger partial charge in [0.2, 0.25) is 0 Å². The van der Waals surface area contributed by atoms with Crippen molar-refractivity contribution in [3.05, 3.63) is 35.9 Å². The summed E-state index contributed by atoms with van der Waals surface area (Å²) in [4.78, 5) is 0. The summed E-state index contributed by atoms with van der Waals surface area (Å²) >= 11 is 0. The Bertz CT molecular complexity index is 410. The molecular weight excluding hydrogens is 224 g/mol. The first kappa shape index (κ1) is 13.6. The average Bonchev–Trinajstić information content (AvgIpc) is 2.35. The van der Waals surface area contributed by atoms with Crippen LogP contribution in [0.1, 0.15) is 40.2 Å². The summed E-state index contributed by atoms with van der Waals surface area (Å²) in [5.41, 5.74) is 0.800. The van der Waals surface area contributed by atoms with Crippen LogP contribution in [-0.2, 0) is 10.3 Å². The zero-order valence-corrected chi connectivity index (χ0v) is 12.0. The van der Waals surface area contributed by atoms with E-state index in [-0.39, 0.29) is 23.0 Å². The van der Waals surface area contributed by atoms with Crippen LogP contribution in [0.25, 0.3) is 0 Å². The topological polar surface area (TPSA) is 29.5 Å². The molecule has 1 aliphatic heterocycles. The third kappa shape index (κ3) is 1.79. The molecule has 3 atom stereocenters. The lowest BCUT2D eigenvalue weighted by Gasteiger charge is -2.61. The number of aliphatic hydroxyl groups is 1. The molecule has 0 radical (unpaired) electrons. The summed E-state index contributed by atoms with van der Waals surface area (Å²) in [5.74, 6) is 0.217. The van der Waals surface area contributed by atoms with E-state index in [2.05, 4.69) is 32.9 Å². The summed E-state index contributed by atoms with van der Waals surface area (Å²) in [6.45, 7) is 10.5. The fourth-order valence-electron chi connectivity index (χ4n) is 2.81. The molecule has 0 saturated carbocycles. The summed E-state index contributed by atoms with van der Waals surface area (Å²) < 4.78 is 6.10. The molecule has 1 aliphatic rings. The Balaban J connectivity index is 2.25. The van der Waals surface area contributed by atoms with Crippen molar-refractivity contribution in [1.82, 2.24) is 0 Å². The van der Waals surface area contributed by atoms with Crippen LogP contribution in [0.5, 0.6) is 0 Å². The fourth-order valence-corrected chi connectivity index (χ4v) is 2.81. The average molecular weight is 248 g/mol. The predicted molar refractivity (Wildman–Crippen MR) is 73.3 cm³/mol. The molecular formula is C16H24O2. The van der Waals surface area contributed by atoms with E-state index in [1.165, 1.54) is 5.56 Å². The normalized spacial score (nSPS) is 32.1. The molecule has 1 heterocycles. The van der Waals surface area contributed by atoms with Gasteiger partial charge in [-0.2, -0.15) is 0 Å². The molecule has 1 aromatic rings. The van der Waals surface area contributed by atoms with Gasteiger partial charge in [0, 0.05) is 5.41 Å². The van der Waals surface area contributed by atoms with Gasteiger partial charge in [-0.15, -0.1) is 0 Å². The maximum atomic E-state index is 10.2. The van der Waals surface area contributed by atoms with Gasteiger partial charge in [0.05, 0.1) is 17.8 Å². The van der Waals surface area contributed by atoms with Gasteiger partial charge >= 0.3 is 0 Å². The Morgan fingerprint density at radius 3 is 2.11 bits per heavy atom. The lowest BCUT2D eigenvalue weighted by Crippen LogP contribution is -2.67. The molecule has 0 aromatic heterocycles. The minimum atomic E-state index is -0.406. The summed E-state index contributed by atoms with van der Waals surface area (Å²) in [5, 5.41) is 10.2. The van der Waals surface area contributed by atoms with E-state index in [1.54, 1.807) is 0 Å². The van der Waals surface area contributed by atoms with Crippen molar-refractivity contribution in [2.75, 3.05) is 0 Å². The van der Waals surface area contributed by atoms with E-state index >= 15 is 0 Å². The standard InChI is InChI=1S/C16H24O2/c1-11(2)13(17)14-15(3,4)16(5,18-14)12-9-7-6-8-10-12/h6-11,13-14,17H,1-5H3/t13-,14+,16-/m1/s1. The van der Waals surface area contributed by atoms with Crippen molar-refractivity contribution in [3.8, 4) is 0 Å². The number of aliphatic hydroxyl groups excluding tert-OH is 1. The van der Waals surface area contributed by atoms with E-state index in [0.717, 1.165) is 0 Å². The zero-order valence-electron chi connectivity index (χ0n) is 12.0. The van der Waals surface area contributed by atoms with Crippen LogP contribution in [0.4, 0.5) is 0 Å². The van der Waals surface area contributed by atoms with Crippen LogP contribution in [-0.4, -0.2) is 17.3 Å². The Morgan fingerprint density at radius 2 is 1.67 bits per heavy atom. The molecule has 2 rings (SSSR count). The van der Waals surface area contributed by atoms with Gasteiger partial charge in [0.1, 0.15) is 0 Å². The van der Waals surface area contributed by atoms with Gasteiger partial charge in [-0.05, 0) is 18.4 Å². The summed E-state index contributed by atoms with van der Waals surface area (Å²) in [6.07, 6.45) is -0.500. The number of hydrogen-bond donors (Lipinski definition) is 1. The third-order valence-corrected chi connectivity index (χ3v) is 4.62. The number of benzene rings is 1. The molecule has 18 heavy (non-hydrogen) atoms. The van der Waals surface area contributed by atoms with Crippen molar-refractivity contribution in [3.63, 3.8) is 0 Å². The Kier molecular flexibility index (Phi) is 3.28. The lowest BCUT2D eigenvalue weighted by molar-refractivity contribution is -0.336. The molecule has 1 saturated heterocycles. The van der Waals surface area contributed by atoms with Crippen LogP contribution in [0.2, 0.25) is 0 Å². The van der Waals surface area contributed by atoms with Gasteiger partial charge in [-0.3, -0.25) is 0 Å². The molecule has 1 fully saturated rings. The molecule has 1 N–H and O–H groups in total. The summed E-state index contributed by atoms with van der Waals surface area (Å²) in [6, 6.07) is 10.3. The first-order valence-electron chi connectivity index (χ1n) is 6.72. The van der Waals surface area contributed by atoms with Crippen LogP contribution in [0.3, 0.4) is 0 Å². The number of hydrogen-bond acceptors (Lipinski definition) is 2. The van der Waals surface area contributed by atoms with Crippen molar-refractivity contribution in [1.29, 1.82) is 0 Å². The Labute approximate surface area is 110 Å². The largest absolute Gasteiger partial charge is 0.390 e. The van der Waals surface area contributed by atoms with Gasteiger partial charge in [0.25, 0.3) is 0 Å². The van der Waals surface area contributed by atoms with Gasteiger partial charge < -0.3 is 9.84 Å². The first-order valence-corrected chi connectivity index (χ1v) is 6.72. The number of rotatable bonds is 3. The molecule has 100 valence electrons. The predicted octanol–water partition coefficient (Wildman–Crippen LogP) is 3.34. The van der Waals surface area contributed by atoms with Crippen LogP contribution in [0.15, 0.2) is 30.3 Å². The molecule has 0 spiro atoms. The Morgan fingerprint density at radius 1 is 1.11 bits per heavy atom. The monoisotopic (exact) mass is 248 g/mol. The van der Waals surface area contributed by atoms with Crippen molar-refractivity contribution in [2.24, 2.45) is 11.3 Å². The number of ether oxygens (including phenoxy) is 1. The highest BCUT2D eigenvalue weighted by molar-refractivity contribution is 5.29. The van der Waals surface area contributed by atoms with E-state index in [4.69, 9.17) is 4.74 Å². The van der Waals surface area contributed by atoms with Crippen LogP contribution < -0.4 is 0 Å². The first-order chi connectivity index (χ1) is 8.30. The fraction of sp³-hybridized carbons (Fsp3) is 0.625. The van der Waals surface area contributed by atoms with Crippen molar-refractivity contribution in [2.45, 2.75) is 52.4 Å². The van der Waals surface area contributed by atoms with E-state index in [9.17, 15) is 5.11 Å². The smallest absolute Gasteiger partial charge is 0.0985 e. The highest BCUT2D eigenvalue weighted by Gasteiger charge is 2.61. The van der Waals surface area contributed by atoms with Crippen molar-refractivity contribution >= 4 is 0 Å². The minimum absolute atomic E-state index is 0.0714. The van der Waals surface area contributed by atoms with E-state index in [0.29, 0.717) is 0 Å². The molecule has 0 amide bonds. The second-order valence-electron chi connectivity index (χ2n) is 6.39. The maximum Gasteiger partial charge on any atom is 0.0985 e. The van der Waals surface area contributed by atoms with Gasteiger partial charge in [0.15, 0.2) is 0 Å². The van der Waals surface area contributed by atoms with Crippen LogP contribution >= 0.6 is 0 Å². The van der Waals surface area contributed by atoms with Gasteiger partial charge in [-0.1, -0.05) is 58.0 Å². The zero-order chi connectivity index (χ0) is 13.6. The highest BCUT2D eigenvalue weighted by Crippen LogP contribution is 2.57. The van der Waals surface area contributed by atoms with Gasteiger partial charge in [-0.25, -0.2) is 0 Å². The molecule has 1 aromatic carbocycles. The SMILES string of the molecule is CC(C)[C@@H](O)[C@@H]1O[C@](C)(c2ccccc2)C1(C)C. The second-order valence-corrected chi connectivity index (χ2v) is 6.39. The lowest BCUT2D eigenvalue weighted by atomic mass is 9.61. The molecule has 0 bridgehead atoms. The molecule has 2 heteroatoms. The third-order valence-electron chi connectivity index (χ3n) is 4.62. The van der Waals surface area contributed by atoms with Crippen molar-refractivity contribution < 1.29 is 9.84 Å². The van der Waals surface area contributed by atoms with E-state index < -0.39 is 6.10 Å². The molecule has 0 aliphatic carbocycles. The second kappa shape index (κ2) is 4.36. The summed E-state index contributed by atoms with van der Waals surface area (Å²) in [7, 11) is 0. The highest BCUT2D eigenvalue weighted by atomic mass is 16.6.